The zero-order valence-electron chi connectivity index (χ0n) is 19.5. The lowest BCUT2D eigenvalue weighted by molar-refractivity contribution is 0.0465. The van der Waals surface area contributed by atoms with Crippen LogP contribution in [-0.2, 0) is 26.3 Å². The molecule has 32 heavy (non-hydrogen) atoms. The molecule has 0 saturated heterocycles. The van der Waals surface area contributed by atoms with Gasteiger partial charge in [-0.3, -0.25) is 0 Å². The van der Waals surface area contributed by atoms with Gasteiger partial charge in [-0.2, -0.15) is 17.4 Å². The number of benzene rings is 1. The summed E-state index contributed by atoms with van der Waals surface area (Å²) in [6.07, 6.45) is -1.65. The molecule has 0 fully saturated rings. The molecule has 0 aromatic heterocycles. The van der Waals surface area contributed by atoms with Gasteiger partial charge in [0.05, 0.1) is 12.6 Å². The molecule has 0 spiro atoms. The van der Waals surface area contributed by atoms with Gasteiger partial charge in [-0.25, -0.2) is 9.59 Å². The number of alkyl halides is 1. The summed E-state index contributed by atoms with van der Waals surface area (Å²) in [7, 11) is -4.23. The third kappa shape index (κ3) is 10.2. The number of carbonyl (C=O) groups is 2. The number of nitrogens with zero attached hydrogens (tertiary/aromatic N) is 1. The quantitative estimate of drug-likeness (QED) is 0.465. The molecule has 2 amide bonds. The van der Waals surface area contributed by atoms with E-state index in [1.807, 2.05) is 26.8 Å². The highest BCUT2D eigenvalue weighted by molar-refractivity contribution is 9.09. The second-order valence-corrected chi connectivity index (χ2v) is 11.7. The van der Waals surface area contributed by atoms with Gasteiger partial charge in [0.15, 0.2) is 0 Å². The zero-order valence-corrected chi connectivity index (χ0v) is 21.9. The summed E-state index contributed by atoms with van der Waals surface area (Å²) >= 11 is 3.16. The predicted octanol–water partition coefficient (Wildman–Crippen LogP) is 3.79. The molecule has 0 aliphatic heterocycles. The van der Waals surface area contributed by atoms with E-state index in [-0.39, 0.29) is 25.0 Å². The Morgan fingerprint density at radius 2 is 1.69 bits per heavy atom. The van der Waals surface area contributed by atoms with Crippen molar-refractivity contribution in [2.45, 2.75) is 59.8 Å². The molecule has 1 aromatic rings. The number of halogens is 1. The Hall–Kier alpha value is -1.85. The van der Waals surface area contributed by atoms with Crippen LogP contribution in [0, 0.1) is 5.41 Å². The standard InChI is InChI=1S/C21H34BrN3O6S/c1-20(2,3)17(24-18(26)31-21(4,5)6)14-23-32(28,29)25(13-12-22)19(27)30-15-16-10-8-7-9-11-16/h7-11,17,23H,12-15H2,1-6H3,(H,24,26)/t17-/m1/s1. The molecule has 0 aliphatic carbocycles. The van der Waals surface area contributed by atoms with Crippen molar-refractivity contribution >= 4 is 38.3 Å². The van der Waals surface area contributed by atoms with Crippen LogP contribution in [0.1, 0.15) is 47.1 Å². The van der Waals surface area contributed by atoms with Gasteiger partial charge in [-0.1, -0.05) is 67.0 Å². The molecule has 0 heterocycles. The second kappa shape index (κ2) is 11.9. The lowest BCUT2D eigenvalue weighted by Gasteiger charge is -2.33. The minimum absolute atomic E-state index is 0.0568. The highest BCUT2D eigenvalue weighted by Gasteiger charge is 2.33. The molecule has 1 atom stereocenters. The van der Waals surface area contributed by atoms with Crippen molar-refractivity contribution in [3.63, 3.8) is 0 Å². The van der Waals surface area contributed by atoms with Crippen LogP contribution < -0.4 is 10.0 Å². The van der Waals surface area contributed by atoms with Gasteiger partial charge in [0.25, 0.3) is 0 Å². The summed E-state index contributed by atoms with van der Waals surface area (Å²) in [4.78, 5) is 24.7. The van der Waals surface area contributed by atoms with Gasteiger partial charge in [0.1, 0.15) is 12.2 Å². The number of carbonyl (C=O) groups excluding carboxylic acids is 2. The van der Waals surface area contributed by atoms with E-state index in [1.165, 1.54) is 0 Å². The number of ether oxygens (including phenoxy) is 2. The van der Waals surface area contributed by atoms with Gasteiger partial charge >= 0.3 is 22.4 Å². The number of rotatable bonds is 9. The Balaban J connectivity index is 2.86. The van der Waals surface area contributed by atoms with Gasteiger partial charge in [-0.05, 0) is 31.7 Å². The minimum atomic E-state index is -4.23. The maximum absolute atomic E-state index is 12.9. The molecule has 1 aromatic carbocycles. The summed E-state index contributed by atoms with van der Waals surface area (Å²) in [5, 5.41) is 2.93. The molecule has 1 rings (SSSR count). The number of hydrogen-bond donors (Lipinski definition) is 2. The Labute approximate surface area is 199 Å². The van der Waals surface area contributed by atoms with Crippen LogP contribution in [0.5, 0.6) is 0 Å². The number of hydrogen-bond acceptors (Lipinski definition) is 6. The lowest BCUT2D eigenvalue weighted by Crippen LogP contribution is -2.54. The Bertz CT molecular complexity index is 851. The van der Waals surface area contributed by atoms with Crippen molar-refractivity contribution in [2.24, 2.45) is 5.41 Å². The fraction of sp³-hybridized carbons (Fsp3) is 0.619. The van der Waals surface area contributed by atoms with Gasteiger partial charge in [-0.15, -0.1) is 0 Å². The van der Waals surface area contributed by atoms with Crippen molar-refractivity contribution in [2.75, 3.05) is 18.4 Å². The first kappa shape index (κ1) is 28.2. The maximum Gasteiger partial charge on any atom is 0.424 e. The number of alkyl carbamates (subject to hydrolysis) is 1. The highest BCUT2D eigenvalue weighted by Crippen LogP contribution is 2.20. The molecule has 0 aliphatic rings. The van der Waals surface area contributed by atoms with Crippen LogP contribution in [0.4, 0.5) is 9.59 Å². The monoisotopic (exact) mass is 535 g/mol. The first-order chi connectivity index (χ1) is 14.7. The maximum atomic E-state index is 12.9. The SMILES string of the molecule is CC(C)(C)OC(=O)N[C@H](CNS(=O)(=O)N(CCBr)C(=O)OCc1ccccc1)C(C)(C)C. The lowest BCUT2D eigenvalue weighted by atomic mass is 9.87. The third-order valence-corrected chi connectivity index (χ3v) is 5.99. The minimum Gasteiger partial charge on any atom is -0.444 e. The molecule has 0 unspecified atom stereocenters. The normalized spacial score (nSPS) is 13.2. The molecule has 11 heteroatoms. The molecular formula is C21H34BrN3O6S. The average molecular weight is 536 g/mol. The van der Waals surface area contributed by atoms with Crippen LogP contribution in [0.2, 0.25) is 0 Å². The number of amides is 2. The Kier molecular flexibility index (Phi) is 10.4. The van der Waals surface area contributed by atoms with E-state index in [9.17, 15) is 18.0 Å². The summed E-state index contributed by atoms with van der Waals surface area (Å²) in [5.74, 6) is 0. The zero-order chi connectivity index (χ0) is 24.6. The van der Waals surface area contributed by atoms with Crippen molar-refractivity contribution in [1.82, 2.24) is 14.3 Å². The predicted molar refractivity (Wildman–Crippen MR) is 127 cm³/mol. The molecule has 0 saturated carbocycles. The summed E-state index contributed by atoms with van der Waals surface area (Å²) in [5.41, 5.74) is -0.450. The largest absolute Gasteiger partial charge is 0.444 e. The van der Waals surface area contributed by atoms with E-state index in [0.717, 1.165) is 5.56 Å². The molecule has 9 nitrogen and oxygen atoms in total. The molecule has 2 N–H and O–H groups in total. The summed E-state index contributed by atoms with van der Waals surface area (Å²) in [6, 6.07) is 8.35. The Morgan fingerprint density at radius 3 is 2.19 bits per heavy atom. The number of nitrogens with one attached hydrogen (secondary N) is 2. The van der Waals surface area contributed by atoms with Crippen molar-refractivity contribution in [1.29, 1.82) is 0 Å². The first-order valence-corrected chi connectivity index (χ1v) is 12.8. The van der Waals surface area contributed by atoms with E-state index in [1.54, 1.807) is 45.0 Å². The van der Waals surface area contributed by atoms with Gasteiger partial charge in [0, 0.05) is 11.9 Å². The van der Waals surface area contributed by atoms with E-state index in [2.05, 4.69) is 26.0 Å². The first-order valence-electron chi connectivity index (χ1n) is 10.2. The van der Waals surface area contributed by atoms with Crippen LogP contribution in [0.3, 0.4) is 0 Å². The summed E-state index contributed by atoms with van der Waals surface area (Å²) < 4.78 is 39.2. The fourth-order valence-electron chi connectivity index (χ4n) is 2.47. The Morgan fingerprint density at radius 1 is 1.09 bits per heavy atom. The van der Waals surface area contributed by atoms with Crippen molar-refractivity contribution in [3.05, 3.63) is 35.9 Å². The molecule has 0 radical (unpaired) electrons. The summed E-state index contributed by atoms with van der Waals surface area (Å²) in [6.45, 7) is 10.5. The highest BCUT2D eigenvalue weighted by atomic mass is 79.9. The van der Waals surface area contributed by atoms with Crippen molar-refractivity contribution in [3.8, 4) is 0 Å². The fourth-order valence-corrected chi connectivity index (χ4v) is 4.17. The molecular weight excluding hydrogens is 502 g/mol. The van der Waals surface area contributed by atoms with Crippen LogP contribution in [-0.4, -0.2) is 55.0 Å². The smallest absolute Gasteiger partial charge is 0.424 e. The van der Waals surface area contributed by atoms with E-state index in [0.29, 0.717) is 4.31 Å². The van der Waals surface area contributed by atoms with Crippen LogP contribution >= 0.6 is 15.9 Å². The van der Waals surface area contributed by atoms with Gasteiger partial charge < -0.3 is 14.8 Å². The van der Waals surface area contributed by atoms with E-state index >= 15 is 0 Å². The topological polar surface area (TPSA) is 114 Å². The van der Waals surface area contributed by atoms with Crippen molar-refractivity contribution < 1.29 is 27.5 Å². The van der Waals surface area contributed by atoms with Crippen LogP contribution in [0.15, 0.2) is 30.3 Å². The van der Waals surface area contributed by atoms with E-state index in [4.69, 9.17) is 9.47 Å². The molecule has 0 bridgehead atoms. The van der Waals surface area contributed by atoms with Crippen LogP contribution in [0.25, 0.3) is 0 Å². The van der Waals surface area contributed by atoms with E-state index < -0.39 is 39.5 Å². The third-order valence-electron chi connectivity index (χ3n) is 4.19. The second-order valence-electron chi connectivity index (χ2n) is 9.22. The average Bonchev–Trinajstić information content (AvgIpc) is 2.66. The van der Waals surface area contributed by atoms with Gasteiger partial charge in [0.2, 0.25) is 0 Å². The molecule has 182 valence electrons.